The topological polar surface area (TPSA) is 48.0 Å². The van der Waals surface area contributed by atoms with E-state index < -0.39 is 0 Å². The van der Waals surface area contributed by atoms with Crippen molar-refractivity contribution in [1.29, 1.82) is 0 Å². The molecular formula is C17H27NO4S. The van der Waals surface area contributed by atoms with Gasteiger partial charge in [0.25, 0.3) is 0 Å². The third-order valence-electron chi connectivity index (χ3n) is 3.67. The van der Waals surface area contributed by atoms with Gasteiger partial charge in [-0.25, -0.2) is 0 Å². The summed E-state index contributed by atoms with van der Waals surface area (Å²) in [5.74, 6) is 2.96. The van der Waals surface area contributed by atoms with Crippen LogP contribution in [0.4, 0.5) is 0 Å². The molecule has 0 aliphatic heterocycles. The summed E-state index contributed by atoms with van der Waals surface area (Å²) in [6.45, 7) is 7.38. The summed E-state index contributed by atoms with van der Waals surface area (Å²) in [5.41, 5.74) is 0.579. The van der Waals surface area contributed by atoms with Crippen LogP contribution in [-0.2, 0) is 0 Å². The summed E-state index contributed by atoms with van der Waals surface area (Å²) in [6, 6.07) is 3.41. The minimum Gasteiger partial charge on any atom is -0.493 e. The zero-order valence-corrected chi connectivity index (χ0v) is 15.5. The first kappa shape index (κ1) is 19.6. The molecule has 0 heterocycles. The number of carbonyl (C=O) groups is 1. The number of methoxy groups -OCH3 is 3. The van der Waals surface area contributed by atoms with Gasteiger partial charge in [0, 0.05) is 17.9 Å². The fourth-order valence-corrected chi connectivity index (χ4v) is 3.11. The number of Topliss-reactive ketones (excluding diaryl/α,β-unsaturated/α-hetero) is 1. The lowest BCUT2D eigenvalue weighted by Gasteiger charge is -2.17. The molecule has 0 aliphatic rings. The highest BCUT2D eigenvalue weighted by Crippen LogP contribution is 2.38. The largest absolute Gasteiger partial charge is 0.493 e. The highest BCUT2D eigenvalue weighted by atomic mass is 32.2. The van der Waals surface area contributed by atoms with Crippen molar-refractivity contribution >= 4 is 17.5 Å². The van der Waals surface area contributed by atoms with Gasteiger partial charge in [0.15, 0.2) is 17.3 Å². The average molecular weight is 341 g/mol. The number of rotatable bonds is 11. The van der Waals surface area contributed by atoms with Crippen LogP contribution in [0.2, 0.25) is 0 Å². The molecule has 0 radical (unpaired) electrons. The molecular weight excluding hydrogens is 314 g/mol. The van der Waals surface area contributed by atoms with E-state index in [2.05, 4.69) is 18.7 Å². The molecule has 6 heteroatoms. The standard InChI is InChI=1S/C17H27NO4S/c1-6-18(7-2)8-9-23-12-14(19)13-10-15(20-3)17(22-5)16(11-13)21-4/h10-11H,6-9,12H2,1-5H3. The summed E-state index contributed by atoms with van der Waals surface area (Å²) in [4.78, 5) is 14.7. The third-order valence-corrected chi connectivity index (χ3v) is 4.60. The van der Waals surface area contributed by atoms with E-state index in [1.165, 1.54) is 0 Å². The monoisotopic (exact) mass is 341 g/mol. The van der Waals surface area contributed by atoms with Crippen LogP contribution in [0.15, 0.2) is 12.1 Å². The maximum Gasteiger partial charge on any atom is 0.203 e. The molecule has 0 spiro atoms. The second-order valence-corrected chi connectivity index (χ2v) is 6.02. The van der Waals surface area contributed by atoms with Crippen LogP contribution in [0, 0.1) is 0 Å². The smallest absolute Gasteiger partial charge is 0.203 e. The van der Waals surface area contributed by atoms with Crippen molar-refractivity contribution in [3.05, 3.63) is 17.7 Å². The molecule has 0 saturated heterocycles. The molecule has 0 bridgehead atoms. The fourth-order valence-electron chi connectivity index (χ4n) is 2.22. The number of hydrogen-bond donors (Lipinski definition) is 0. The lowest BCUT2D eigenvalue weighted by atomic mass is 10.1. The fraction of sp³-hybridized carbons (Fsp3) is 0.588. The molecule has 0 aliphatic carbocycles. The number of ether oxygens (including phenoxy) is 3. The summed E-state index contributed by atoms with van der Waals surface area (Å²) in [5, 5.41) is 0. The molecule has 5 nitrogen and oxygen atoms in total. The molecule has 1 rings (SSSR count). The second-order valence-electron chi connectivity index (χ2n) is 4.92. The number of carbonyl (C=O) groups excluding carboxylic acids is 1. The molecule has 1 aromatic carbocycles. The summed E-state index contributed by atoms with van der Waals surface area (Å²) < 4.78 is 15.8. The molecule has 0 fully saturated rings. The highest BCUT2D eigenvalue weighted by Gasteiger charge is 2.16. The van der Waals surface area contributed by atoms with Gasteiger partial charge >= 0.3 is 0 Å². The maximum atomic E-state index is 12.4. The lowest BCUT2D eigenvalue weighted by molar-refractivity contribution is 0.102. The summed E-state index contributed by atoms with van der Waals surface area (Å²) in [7, 11) is 4.64. The van der Waals surface area contributed by atoms with Gasteiger partial charge in [-0.2, -0.15) is 11.8 Å². The van der Waals surface area contributed by atoms with Crippen LogP contribution in [0.1, 0.15) is 24.2 Å². The number of thioether (sulfide) groups is 1. The van der Waals surface area contributed by atoms with E-state index in [1.54, 1.807) is 45.2 Å². The van der Waals surface area contributed by atoms with Crippen LogP contribution in [0.3, 0.4) is 0 Å². The first-order valence-corrected chi connectivity index (χ1v) is 8.89. The molecule has 0 aromatic heterocycles. The van der Waals surface area contributed by atoms with Crippen molar-refractivity contribution in [3.8, 4) is 17.2 Å². The van der Waals surface area contributed by atoms with Crippen molar-refractivity contribution in [3.63, 3.8) is 0 Å². The van der Waals surface area contributed by atoms with E-state index in [4.69, 9.17) is 14.2 Å². The Hall–Kier alpha value is -1.40. The maximum absolute atomic E-state index is 12.4. The Morgan fingerprint density at radius 2 is 1.61 bits per heavy atom. The molecule has 0 unspecified atom stereocenters. The second kappa shape index (κ2) is 10.4. The molecule has 130 valence electrons. The van der Waals surface area contributed by atoms with Crippen molar-refractivity contribution in [1.82, 2.24) is 4.90 Å². The third kappa shape index (κ3) is 5.62. The molecule has 0 atom stereocenters. The van der Waals surface area contributed by atoms with Crippen molar-refractivity contribution in [2.45, 2.75) is 13.8 Å². The van der Waals surface area contributed by atoms with Crippen LogP contribution in [0.5, 0.6) is 17.2 Å². The Balaban J connectivity index is 2.69. The number of ketones is 1. The van der Waals surface area contributed by atoms with Crippen molar-refractivity contribution in [2.24, 2.45) is 0 Å². The van der Waals surface area contributed by atoms with E-state index in [1.807, 2.05) is 0 Å². The van der Waals surface area contributed by atoms with Gasteiger partial charge in [0.2, 0.25) is 5.75 Å². The lowest BCUT2D eigenvalue weighted by Crippen LogP contribution is -2.25. The number of hydrogen-bond acceptors (Lipinski definition) is 6. The minimum absolute atomic E-state index is 0.0637. The highest BCUT2D eigenvalue weighted by molar-refractivity contribution is 8.00. The van der Waals surface area contributed by atoms with Crippen molar-refractivity contribution in [2.75, 3.05) is 52.5 Å². The van der Waals surface area contributed by atoms with E-state index in [0.717, 1.165) is 25.4 Å². The Bertz CT molecular complexity index is 478. The molecule has 0 saturated carbocycles. The Morgan fingerprint density at radius 1 is 1.04 bits per heavy atom. The zero-order valence-electron chi connectivity index (χ0n) is 14.7. The zero-order chi connectivity index (χ0) is 17.2. The SMILES string of the molecule is CCN(CC)CCSCC(=O)c1cc(OC)c(OC)c(OC)c1. The average Bonchev–Trinajstić information content (AvgIpc) is 2.60. The first-order chi connectivity index (χ1) is 11.1. The van der Waals surface area contributed by atoms with E-state index in [0.29, 0.717) is 28.6 Å². The van der Waals surface area contributed by atoms with Crippen LogP contribution in [0.25, 0.3) is 0 Å². The molecule has 1 aromatic rings. The van der Waals surface area contributed by atoms with E-state index >= 15 is 0 Å². The van der Waals surface area contributed by atoms with Crippen LogP contribution >= 0.6 is 11.8 Å². The number of benzene rings is 1. The summed E-state index contributed by atoms with van der Waals surface area (Å²) >= 11 is 1.65. The van der Waals surface area contributed by atoms with E-state index in [-0.39, 0.29) is 5.78 Å². The minimum atomic E-state index is 0.0637. The Kier molecular flexibility index (Phi) is 8.87. The van der Waals surface area contributed by atoms with Gasteiger partial charge in [-0.1, -0.05) is 13.8 Å². The Labute approximate surface area is 143 Å². The summed E-state index contributed by atoms with van der Waals surface area (Å²) in [6.07, 6.45) is 0. The predicted octanol–water partition coefficient (Wildman–Crippen LogP) is 2.97. The van der Waals surface area contributed by atoms with Gasteiger partial charge in [0.05, 0.1) is 27.1 Å². The molecule has 0 N–H and O–H groups in total. The van der Waals surface area contributed by atoms with Gasteiger partial charge in [-0.05, 0) is 25.2 Å². The van der Waals surface area contributed by atoms with Gasteiger partial charge < -0.3 is 19.1 Å². The predicted molar refractivity (Wildman–Crippen MR) is 95.5 cm³/mol. The van der Waals surface area contributed by atoms with Gasteiger partial charge in [-0.15, -0.1) is 0 Å². The quantitative estimate of drug-likeness (QED) is 0.455. The van der Waals surface area contributed by atoms with Crippen LogP contribution in [-0.4, -0.2) is 63.2 Å². The number of nitrogens with zero attached hydrogens (tertiary/aromatic N) is 1. The van der Waals surface area contributed by atoms with Gasteiger partial charge in [-0.3, -0.25) is 4.79 Å². The molecule has 0 amide bonds. The van der Waals surface area contributed by atoms with E-state index in [9.17, 15) is 4.79 Å². The van der Waals surface area contributed by atoms with Crippen molar-refractivity contribution < 1.29 is 19.0 Å². The molecule has 23 heavy (non-hydrogen) atoms. The van der Waals surface area contributed by atoms with Crippen LogP contribution < -0.4 is 14.2 Å². The van der Waals surface area contributed by atoms with Gasteiger partial charge in [0.1, 0.15) is 0 Å². The first-order valence-electron chi connectivity index (χ1n) is 7.74. The normalized spacial score (nSPS) is 10.7. The Morgan fingerprint density at radius 3 is 2.04 bits per heavy atom.